The van der Waals surface area contributed by atoms with Gasteiger partial charge in [-0.2, -0.15) is 26.3 Å². The minimum absolute atomic E-state index is 0.122. The minimum atomic E-state index is -5.46. The third kappa shape index (κ3) is 3.24. The number of carbonyl (C=O) groups is 1. The molecule has 22 heavy (non-hydrogen) atoms. The first-order chi connectivity index (χ1) is 10.00. The summed E-state index contributed by atoms with van der Waals surface area (Å²) in [5.74, 6) is -2.64. The molecule has 0 saturated carbocycles. The Morgan fingerprint density at radius 2 is 1.77 bits per heavy atom. The fourth-order valence-corrected chi connectivity index (χ4v) is 1.83. The Balaban J connectivity index is 2.63. The molecule has 3 nitrogen and oxygen atoms in total. The van der Waals surface area contributed by atoms with Crippen LogP contribution in [0.1, 0.15) is 0 Å². The molecule has 0 spiro atoms. The fourth-order valence-electron chi connectivity index (χ4n) is 1.67. The van der Waals surface area contributed by atoms with Crippen molar-refractivity contribution in [3.05, 3.63) is 34.5 Å². The van der Waals surface area contributed by atoms with E-state index < -0.39 is 29.4 Å². The number of allylic oxidation sites excluding steroid dienone is 2. The van der Waals surface area contributed by atoms with Gasteiger partial charge in [-0.25, -0.2) is 0 Å². The third-order valence-electron chi connectivity index (χ3n) is 2.61. The maximum Gasteiger partial charge on any atom is 0.455 e. The van der Waals surface area contributed by atoms with Gasteiger partial charge in [-0.05, 0) is 18.2 Å². The number of benzene rings is 1. The van der Waals surface area contributed by atoms with E-state index in [-0.39, 0.29) is 22.6 Å². The Morgan fingerprint density at radius 1 is 1.14 bits per heavy atom. The number of ketones is 1. The molecule has 0 fully saturated rings. The molecule has 1 aromatic rings. The second-order valence-electron chi connectivity index (χ2n) is 4.16. The van der Waals surface area contributed by atoms with Crippen molar-refractivity contribution < 1.29 is 31.1 Å². The summed E-state index contributed by atoms with van der Waals surface area (Å²) in [7, 11) is 0. The summed E-state index contributed by atoms with van der Waals surface area (Å²) in [6, 6.07) is 3.49. The zero-order valence-electron chi connectivity index (χ0n) is 10.3. The second-order valence-corrected chi connectivity index (χ2v) is 4.59. The molecule has 1 aromatic carbocycles. The highest BCUT2D eigenvalue weighted by molar-refractivity contribution is 6.31. The van der Waals surface area contributed by atoms with Crippen LogP contribution in [0.15, 0.2) is 34.5 Å². The van der Waals surface area contributed by atoms with Crippen molar-refractivity contribution in [1.29, 1.82) is 0 Å². The van der Waals surface area contributed by atoms with Crippen molar-refractivity contribution in [2.45, 2.75) is 12.4 Å². The summed E-state index contributed by atoms with van der Waals surface area (Å²) in [6.07, 6.45) is -10.4. The highest BCUT2D eigenvalue weighted by Crippen LogP contribution is 2.38. The summed E-state index contributed by atoms with van der Waals surface area (Å²) in [5.41, 5.74) is -3.80. The summed E-state index contributed by atoms with van der Waals surface area (Å²) < 4.78 is 76.3. The highest BCUT2D eigenvalue weighted by atomic mass is 35.5. The Kier molecular flexibility index (Phi) is 3.94. The summed E-state index contributed by atoms with van der Waals surface area (Å²) in [5, 5.41) is 1.90. The van der Waals surface area contributed by atoms with Crippen LogP contribution in [0.2, 0.25) is 5.02 Å². The van der Waals surface area contributed by atoms with Crippen molar-refractivity contribution in [3.63, 3.8) is 0 Å². The molecule has 1 aliphatic heterocycles. The number of aliphatic imine (C=N–C) groups is 1. The Labute approximate surface area is 124 Å². The van der Waals surface area contributed by atoms with Gasteiger partial charge in [0, 0.05) is 11.2 Å². The van der Waals surface area contributed by atoms with Crippen LogP contribution in [0, 0.1) is 0 Å². The van der Waals surface area contributed by atoms with E-state index in [0.29, 0.717) is 0 Å². The fraction of sp³-hybridized carbons (Fsp3) is 0.167. The van der Waals surface area contributed by atoms with E-state index in [0.717, 1.165) is 12.1 Å². The topological polar surface area (TPSA) is 41.5 Å². The van der Waals surface area contributed by atoms with Crippen LogP contribution in [0.5, 0.6) is 0 Å². The van der Waals surface area contributed by atoms with E-state index in [9.17, 15) is 31.1 Å². The van der Waals surface area contributed by atoms with Crippen LogP contribution < -0.4 is 5.32 Å². The molecule has 118 valence electrons. The van der Waals surface area contributed by atoms with Gasteiger partial charge in [0.15, 0.2) is 0 Å². The molecule has 1 heterocycles. The van der Waals surface area contributed by atoms with Gasteiger partial charge < -0.3 is 5.32 Å². The Morgan fingerprint density at radius 3 is 2.32 bits per heavy atom. The first kappa shape index (κ1) is 16.3. The first-order valence-corrected chi connectivity index (χ1v) is 5.91. The zero-order chi connectivity index (χ0) is 16.7. The lowest BCUT2D eigenvalue weighted by molar-refractivity contribution is -0.166. The van der Waals surface area contributed by atoms with Crippen molar-refractivity contribution in [1.82, 2.24) is 0 Å². The van der Waals surface area contributed by atoms with Gasteiger partial charge in [0.05, 0.1) is 16.9 Å². The number of carbonyl (C=O) groups excluding carboxylic acids is 1. The number of fused-ring (bicyclic) bond motifs is 1. The lowest BCUT2D eigenvalue weighted by atomic mass is 10.1. The van der Waals surface area contributed by atoms with Crippen LogP contribution in [-0.2, 0) is 4.79 Å². The number of rotatable bonds is 1. The van der Waals surface area contributed by atoms with Crippen LogP contribution in [-0.4, -0.2) is 24.4 Å². The van der Waals surface area contributed by atoms with Crippen molar-refractivity contribution in [2.75, 3.05) is 5.32 Å². The normalized spacial score (nSPS) is 15.2. The van der Waals surface area contributed by atoms with E-state index in [1.807, 2.05) is 0 Å². The van der Waals surface area contributed by atoms with Gasteiger partial charge >= 0.3 is 12.4 Å². The smallest absolute Gasteiger partial charge is 0.349 e. The molecule has 0 bridgehead atoms. The quantitative estimate of drug-likeness (QED) is 0.768. The number of Topliss-reactive ketones (excluding diaryl/α,β-unsaturated/α-hetero) is 1. The van der Waals surface area contributed by atoms with Crippen LogP contribution in [0.4, 0.5) is 37.7 Å². The van der Waals surface area contributed by atoms with Gasteiger partial charge in [-0.1, -0.05) is 11.6 Å². The number of hydrogen-bond donors (Lipinski definition) is 1. The lowest BCUT2D eigenvalue weighted by Crippen LogP contribution is -2.31. The molecule has 1 N–H and O–H groups in total. The molecule has 0 unspecified atom stereocenters. The molecular weight excluding hydrogens is 338 g/mol. The predicted octanol–water partition coefficient (Wildman–Crippen LogP) is 4.42. The number of nitrogens with zero attached hydrogens (tertiary/aromatic N) is 1. The van der Waals surface area contributed by atoms with Crippen molar-refractivity contribution in [2.24, 2.45) is 4.99 Å². The van der Waals surface area contributed by atoms with Gasteiger partial charge in [0.2, 0.25) is 0 Å². The monoisotopic (exact) mass is 342 g/mol. The molecule has 2 rings (SSSR count). The predicted molar refractivity (Wildman–Crippen MR) is 67.4 cm³/mol. The SMILES string of the molecule is O=C(C1=C(C(F)(F)F)Nc2ccc(Cl)cc2N=C1)C(F)(F)F. The standard InChI is InChI=1S/C12H5ClF6N2O/c13-5-1-2-7-8(3-5)20-4-6(10(22)12(17,18)19)9(21-7)11(14,15)16/h1-4,21H. The average molecular weight is 343 g/mol. The average Bonchev–Trinajstić information content (AvgIpc) is 2.55. The number of hydrogen-bond acceptors (Lipinski definition) is 3. The van der Waals surface area contributed by atoms with E-state index in [1.54, 1.807) is 5.32 Å². The Hall–Kier alpha value is -2.03. The molecule has 0 aliphatic carbocycles. The summed E-state index contributed by atoms with van der Waals surface area (Å²) in [4.78, 5) is 14.7. The summed E-state index contributed by atoms with van der Waals surface area (Å²) >= 11 is 5.64. The van der Waals surface area contributed by atoms with E-state index in [1.165, 1.54) is 6.07 Å². The van der Waals surface area contributed by atoms with Crippen molar-refractivity contribution in [3.8, 4) is 0 Å². The molecule has 0 saturated heterocycles. The van der Waals surface area contributed by atoms with Crippen LogP contribution in [0.3, 0.4) is 0 Å². The maximum atomic E-state index is 13.0. The van der Waals surface area contributed by atoms with E-state index in [4.69, 9.17) is 11.6 Å². The van der Waals surface area contributed by atoms with E-state index in [2.05, 4.69) is 4.99 Å². The van der Waals surface area contributed by atoms with Crippen LogP contribution in [0.25, 0.3) is 0 Å². The number of nitrogens with one attached hydrogen (secondary N) is 1. The summed E-state index contributed by atoms with van der Waals surface area (Å²) in [6.45, 7) is 0. The number of halogens is 7. The molecule has 0 radical (unpaired) electrons. The zero-order valence-corrected chi connectivity index (χ0v) is 11.1. The van der Waals surface area contributed by atoms with Gasteiger partial charge in [0.25, 0.3) is 5.78 Å². The van der Waals surface area contributed by atoms with Gasteiger partial charge in [-0.3, -0.25) is 9.79 Å². The van der Waals surface area contributed by atoms with E-state index >= 15 is 0 Å². The van der Waals surface area contributed by atoms with Gasteiger partial charge in [-0.15, -0.1) is 0 Å². The molecule has 1 aliphatic rings. The molecular formula is C12H5ClF6N2O. The highest BCUT2D eigenvalue weighted by Gasteiger charge is 2.47. The molecule has 0 atom stereocenters. The number of anilines is 1. The maximum absolute atomic E-state index is 13.0. The molecule has 10 heteroatoms. The third-order valence-corrected chi connectivity index (χ3v) is 2.84. The minimum Gasteiger partial charge on any atom is -0.349 e. The van der Waals surface area contributed by atoms with Gasteiger partial charge in [0.1, 0.15) is 5.70 Å². The Bertz CT molecular complexity index is 690. The second kappa shape index (κ2) is 5.31. The first-order valence-electron chi connectivity index (χ1n) is 5.54. The largest absolute Gasteiger partial charge is 0.455 e. The number of alkyl halides is 6. The lowest BCUT2D eigenvalue weighted by Gasteiger charge is -2.16. The van der Waals surface area contributed by atoms with Crippen molar-refractivity contribution >= 4 is 35.0 Å². The molecule has 0 aromatic heterocycles. The molecule has 0 amide bonds. The van der Waals surface area contributed by atoms with Crippen LogP contribution >= 0.6 is 11.6 Å².